The average Bonchev–Trinajstić information content (AvgIpc) is 2.66. The van der Waals surface area contributed by atoms with Crippen LogP contribution in [-0.4, -0.2) is 25.4 Å². The largest absolute Gasteiger partial charge is 0.482 e. The maximum atomic E-state index is 12.9. The Morgan fingerprint density at radius 2 is 1.69 bits per heavy atom. The maximum absolute atomic E-state index is 12.9. The number of nitrogen functional groups attached to an aromatic ring is 1. The van der Waals surface area contributed by atoms with Crippen molar-refractivity contribution in [2.75, 3.05) is 18.9 Å². The van der Waals surface area contributed by atoms with Gasteiger partial charge in [0.1, 0.15) is 5.75 Å². The van der Waals surface area contributed by atoms with E-state index in [2.05, 4.69) is 0 Å². The normalized spacial score (nSPS) is 15.7. The lowest BCUT2D eigenvalue weighted by Gasteiger charge is -2.40. The Morgan fingerprint density at radius 1 is 1.06 bits per heavy atom. The Balaban J connectivity index is 2.11. The molecule has 10 heteroatoms. The SMILES string of the molecule is CCOC(=O)C1(c2cc(OCC(F)(F)F)c(N)c(-c3ccc(C(F)(F)F)cc3)c2)CCC1. The first-order chi connectivity index (χ1) is 14.9. The number of esters is 1. The molecule has 2 N–H and O–H groups in total. The summed E-state index contributed by atoms with van der Waals surface area (Å²) in [6, 6.07) is 6.83. The molecule has 2 aromatic rings. The number of rotatable bonds is 6. The van der Waals surface area contributed by atoms with Gasteiger partial charge in [-0.25, -0.2) is 0 Å². The predicted octanol–water partition coefficient (Wildman–Crippen LogP) is 5.88. The van der Waals surface area contributed by atoms with Crippen molar-refractivity contribution in [3.05, 3.63) is 47.5 Å². The van der Waals surface area contributed by atoms with Crippen molar-refractivity contribution in [2.45, 2.75) is 44.0 Å². The van der Waals surface area contributed by atoms with Gasteiger partial charge in [-0.05, 0) is 55.2 Å². The highest BCUT2D eigenvalue weighted by Crippen LogP contribution is 2.48. The van der Waals surface area contributed by atoms with Gasteiger partial charge in [0.25, 0.3) is 0 Å². The van der Waals surface area contributed by atoms with E-state index in [4.69, 9.17) is 15.2 Å². The summed E-state index contributed by atoms with van der Waals surface area (Å²) in [4.78, 5) is 12.7. The van der Waals surface area contributed by atoms with E-state index < -0.39 is 35.9 Å². The molecule has 3 rings (SSSR count). The molecule has 1 aliphatic carbocycles. The lowest BCUT2D eigenvalue weighted by atomic mass is 9.64. The van der Waals surface area contributed by atoms with Gasteiger partial charge in [-0.1, -0.05) is 18.6 Å². The van der Waals surface area contributed by atoms with Crippen molar-refractivity contribution >= 4 is 11.7 Å². The summed E-state index contributed by atoms with van der Waals surface area (Å²) in [7, 11) is 0. The number of benzene rings is 2. The molecule has 32 heavy (non-hydrogen) atoms. The first-order valence-corrected chi connectivity index (χ1v) is 9.86. The molecule has 0 spiro atoms. The zero-order valence-electron chi connectivity index (χ0n) is 17.1. The molecule has 0 amide bonds. The molecule has 0 bridgehead atoms. The van der Waals surface area contributed by atoms with Gasteiger partial charge in [0, 0.05) is 5.56 Å². The summed E-state index contributed by atoms with van der Waals surface area (Å²) < 4.78 is 87.0. The molecule has 0 aromatic heterocycles. The highest BCUT2D eigenvalue weighted by Gasteiger charge is 2.47. The minimum Gasteiger partial charge on any atom is -0.482 e. The van der Waals surface area contributed by atoms with E-state index in [0.717, 1.165) is 12.1 Å². The fourth-order valence-corrected chi connectivity index (χ4v) is 3.67. The van der Waals surface area contributed by atoms with Crippen molar-refractivity contribution in [1.82, 2.24) is 0 Å². The van der Waals surface area contributed by atoms with Crippen molar-refractivity contribution in [3.8, 4) is 16.9 Å². The quantitative estimate of drug-likeness (QED) is 0.332. The van der Waals surface area contributed by atoms with Crippen molar-refractivity contribution in [2.24, 2.45) is 0 Å². The van der Waals surface area contributed by atoms with E-state index in [1.54, 1.807) is 6.92 Å². The van der Waals surface area contributed by atoms with Crippen LogP contribution in [0.3, 0.4) is 0 Å². The number of ether oxygens (including phenoxy) is 2. The van der Waals surface area contributed by atoms with Crippen LogP contribution in [0.2, 0.25) is 0 Å². The fourth-order valence-electron chi connectivity index (χ4n) is 3.67. The maximum Gasteiger partial charge on any atom is 0.422 e. The third kappa shape index (κ3) is 4.78. The second-order valence-corrected chi connectivity index (χ2v) is 7.57. The highest BCUT2D eigenvalue weighted by atomic mass is 19.4. The molecule has 1 fully saturated rings. The standard InChI is InChI=1S/C22H21F6NO3/c1-2-31-19(30)20(8-3-9-20)15-10-16(13-4-6-14(7-5-13)22(26,27)28)18(29)17(11-15)32-12-21(23,24)25/h4-7,10-11H,2-3,8-9,12,29H2,1H3. The first-order valence-electron chi connectivity index (χ1n) is 9.86. The summed E-state index contributed by atoms with van der Waals surface area (Å²) in [5, 5.41) is 0. The highest BCUT2D eigenvalue weighted by molar-refractivity contribution is 5.88. The molecule has 0 radical (unpaired) electrons. The minimum absolute atomic E-state index is 0.124. The van der Waals surface area contributed by atoms with Crippen LogP contribution in [0.4, 0.5) is 32.0 Å². The predicted molar refractivity (Wildman–Crippen MR) is 105 cm³/mol. The summed E-state index contributed by atoms with van der Waals surface area (Å²) in [6.45, 7) is 0.150. The van der Waals surface area contributed by atoms with E-state index in [-0.39, 0.29) is 29.2 Å². The molecule has 0 aliphatic heterocycles. The van der Waals surface area contributed by atoms with Gasteiger partial charge in [0.2, 0.25) is 0 Å². The van der Waals surface area contributed by atoms with Gasteiger partial charge in [0.05, 0.1) is 23.3 Å². The Labute approximate surface area is 180 Å². The summed E-state index contributed by atoms with van der Waals surface area (Å²) in [5.41, 5.74) is 4.69. The monoisotopic (exact) mass is 461 g/mol. The second-order valence-electron chi connectivity index (χ2n) is 7.57. The smallest absolute Gasteiger partial charge is 0.422 e. The Morgan fingerprint density at radius 3 is 2.16 bits per heavy atom. The van der Waals surface area contributed by atoms with Crippen molar-refractivity contribution in [3.63, 3.8) is 0 Å². The lowest BCUT2D eigenvalue weighted by molar-refractivity contribution is -0.155. The zero-order chi connectivity index (χ0) is 23.7. The molecule has 0 atom stereocenters. The van der Waals surface area contributed by atoms with Crippen molar-refractivity contribution < 1.29 is 40.6 Å². The molecule has 0 heterocycles. The number of hydrogen-bond donors (Lipinski definition) is 1. The minimum atomic E-state index is -4.63. The zero-order valence-corrected chi connectivity index (χ0v) is 17.1. The van der Waals surface area contributed by atoms with Crippen LogP contribution in [0.25, 0.3) is 11.1 Å². The van der Waals surface area contributed by atoms with Gasteiger partial charge >= 0.3 is 18.3 Å². The molecular weight excluding hydrogens is 440 g/mol. The molecule has 174 valence electrons. The van der Waals surface area contributed by atoms with Crippen LogP contribution in [0.1, 0.15) is 37.3 Å². The number of alkyl halides is 6. The number of carbonyl (C=O) groups is 1. The van der Waals surface area contributed by atoms with E-state index in [1.165, 1.54) is 24.3 Å². The van der Waals surface area contributed by atoms with E-state index in [0.29, 0.717) is 24.8 Å². The summed E-state index contributed by atoms with van der Waals surface area (Å²) in [6.07, 6.45) is -7.64. The van der Waals surface area contributed by atoms with Crippen LogP contribution in [0, 0.1) is 0 Å². The third-order valence-corrected chi connectivity index (χ3v) is 5.48. The number of carbonyl (C=O) groups excluding carboxylic acids is 1. The Kier molecular flexibility index (Phi) is 6.35. The Hall–Kier alpha value is -2.91. The van der Waals surface area contributed by atoms with Crippen molar-refractivity contribution in [1.29, 1.82) is 0 Å². The van der Waals surface area contributed by atoms with Crippen LogP contribution >= 0.6 is 0 Å². The number of halogens is 6. The molecule has 1 aliphatic rings. The molecule has 2 aromatic carbocycles. The lowest BCUT2D eigenvalue weighted by Crippen LogP contribution is -2.43. The van der Waals surface area contributed by atoms with Crippen LogP contribution < -0.4 is 10.5 Å². The molecular formula is C22H21F6NO3. The van der Waals surface area contributed by atoms with Gasteiger partial charge in [0.15, 0.2) is 6.61 Å². The van der Waals surface area contributed by atoms with Crippen LogP contribution in [-0.2, 0) is 21.1 Å². The third-order valence-electron chi connectivity index (χ3n) is 5.48. The molecule has 0 unspecified atom stereocenters. The average molecular weight is 461 g/mol. The van der Waals surface area contributed by atoms with Gasteiger partial charge in [-0.2, -0.15) is 26.3 Å². The molecule has 1 saturated carbocycles. The second kappa shape index (κ2) is 8.55. The van der Waals surface area contributed by atoms with E-state index in [9.17, 15) is 31.1 Å². The Bertz CT molecular complexity index is 979. The topological polar surface area (TPSA) is 61.5 Å². The summed E-state index contributed by atoms with van der Waals surface area (Å²) >= 11 is 0. The van der Waals surface area contributed by atoms with E-state index in [1.807, 2.05) is 0 Å². The van der Waals surface area contributed by atoms with Crippen LogP contribution in [0.5, 0.6) is 5.75 Å². The number of hydrogen-bond acceptors (Lipinski definition) is 4. The fraction of sp³-hybridized carbons (Fsp3) is 0.409. The first kappa shape index (κ1) is 23.7. The number of nitrogens with two attached hydrogens (primary N) is 1. The van der Waals surface area contributed by atoms with Gasteiger partial charge in [-0.3, -0.25) is 4.79 Å². The molecule has 0 saturated heterocycles. The van der Waals surface area contributed by atoms with Gasteiger partial charge < -0.3 is 15.2 Å². The van der Waals surface area contributed by atoms with Crippen LogP contribution in [0.15, 0.2) is 36.4 Å². The van der Waals surface area contributed by atoms with E-state index >= 15 is 0 Å². The van der Waals surface area contributed by atoms with Gasteiger partial charge in [-0.15, -0.1) is 0 Å². The summed E-state index contributed by atoms with van der Waals surface area (Å²) in [5.74, 6) is -0.818. The number of anilines is 1. The molecule has 4 nitrogen and oxygen atoms in total.